The number of thiazole rings is 1. The lowest BCUT2D eigenvalue weighted by Gasteiger charge is -2.26. The third-order valence-corrected chi connectivity index (χ3v) is 3.75. The number of hydrogen-bond donors (Lipinski definition) is 0. The van der Waals surface area contributed by atoms with E-state index >= 15 is 0 Å². The lowest BCUT2D eigenvalue weighted by atomic mass is 10.3. The second kappa shape index (κ2) is 6.99. The molecule has 0 spiro atoms. The van der Waals surface area contributed by atoms with Crippen molar-refractivity contribution in [3.63, 3.8) is 0 Å². The maximum absolute atomic E-state index is 5.19. The molecule has 0 saturated carbocycles. The summed E-state index contributed by atoms with van der Waals surface area (Å²) in [4.78, 5) is 6.98. The molecule has 92 valence electrons. The van der Waals surface area contributed by atoms with Gasteiger partial charge in [-0.1, -0.05) is 13.8 Å². The summed E-state index contributed by atoms with van der Waals surface area (Å²) in [5.74, 6) is 0. The van der Waals surface area contributed by atoms with Gasteiger partial charge >= 0.3 is 0 Å². The minimum atomic E-state index is 0.446. The zero-order chi connectivity index (χ0) is 12.0. The molecule has 1 unspecified atom stereocenters. The predicted octanol–water partition coefficient (Wildman–Crippen LogP) is 2.56. The van der Waals surface area contributed by atoms with E-state index in [-0.39, 0.29) is 0 Å². The quantitative estimate of drug-likeness (QED) is 0.735. The Bertz CT molecular complexity index is 301. The zero-order valence-electron chi connectivity index (χ0n) is 10.7. The molecular weight excluding hydrogens is 220 g/mol. The van der Waals surface area contributed by atoms with Crippen molar-refractivity contribution in [2.45, 2.75) is 39.8 Å². The van der Waals surface area contributed by atoms with Crippen LogP contribution in [0.1, 0.15) is 31.5 Å². The predicted molar refractivity (Wildman–Crippen MR) is 68.9 cm³/mol. The van der Waals surface area contributed by atoms with Crippen molar-refractivity contribution in [2.24, 2.45) is 0 Å². The number of aromatic nitrogens is 1. The van der Waals surface area contributed by atoms with Gasteiger partial charge in [0.05, 0.1) is 17.3 Å². The van der Waals surface area contributed by atoms with Crippen LogP contribution in [0, 0.1) is 0 Å². The molecule has 0 amide bonds. The Morgan fingerprint density at radius 2 is 2.25 bits per heavy atom. The van der Waals surface area contributed by atoms with Gasteiger partial charge in [-0.05, 0) is 19.9 Å². The number of nitrogens with zero attached hydrogens (tertiary/aromatic N) is 2. The first-order valence-electron chi connectivity index (χ1n) is 5.87. The van der Waals surface area contributed by atoms with Crippen LogP contribution in [0.15, 0.2) is 5.38 Å². The molecule has 0 aliphatic rings. The van der Waals surface area contributed by atoms with E-state index in [2.05, 4.69) is 36.0 Å². The topological polar surface area (TPSA) is 25.4 Å². The summed E-state index contributed by atoms with van der Waals surface area (Å²) in [5.41, 5.74) is 1.19. The fraction of sp³-hybridized carbons (Fsp3) is 0.750. The SMILES string of the molecule is CCc1nc(CN(CC)C(C)COC)cs1. The highest BCUT2D eigenvalue weighted by atomic mass is 32.1. The van der Waals surface area contributed by atoms with Crippen LogP contribution >= 0.6 is 11.3 Å². The third kappa shape index (κ3) is 3.85. The molecule has 1 aromatic rings. The molecule has 1 heterocycles. The van der Waals surface area contributed by atoms with Gasteiger partial charge < -0.3 is 4.74 Å². The van der Waals surface area contributed by atoms with Gasteiger partial charge in [-0.3, -0.25) is 4.90 Å². The molecular formula is C12H22N2OS. The number of rotatable bonds is 7. The second-order valence-electron chi connectivity index (χ2n) is 3.95. The third-order valence-electron chi connectivity index (χ3n) is 2.70. The van der Waals surface area contributed by atoms with E-state index in [0.29, 0.717) is 6.04 Å². The van der Waals surface area contributed by atoms with Crippen LogP contribution in [0.3, 0.4) is 0 Å². The lowest BCUT2D eigenvalue weighted by molar-refractivity contribution is 0.0975. The molecule has 1 rings (SSSR count). The minimum Gasteiger partial charge on any atom is -0.383 e. The van der Waals surface area contributed by atoms with Crippen LogP contribution in [-0.4, -0.2) is 36.2 Å². The highest BCUT2D eigenvalue weighted by Gasteiger charge is 2.13. The summed E-state index contributed by atoms with van der Waals surface area (Å²) < 4.78 is 5.19. The molecule has 0 radical (unpaired) electrons. The van der Waals surface area contributed by atoms with Crippen molar-refractivity contribution < 1.29 is 4.74 Å². The van der Waals surface area contributed by atoms with E-state index in [9.17, 15) is 0 Å². The molecule has 16 heavy (non-hydrogen) atoms. The Labute approximate surface area is 102 Å². The zero-order valence-corrected chi connectivity index (χ0v) is 11.5. The van der Waals surface area contributed by atoms with E-state index in [1.165, 1.54) is 10.7 Å². The van der Waals surface area contributed by atoms with Crippen molar-refractivity contribution in [1.82, 2.24) is 9.88 Å². The number of likely N-dealkylation sites (N-methyl/N-ethyl adjacent to an activating group) is 1. The molecule has 0 aromatic carbocycles. The van der Waals surface area contributed by atoms with E-state index in [1.54, 1.807) is 18.4 Å². The molecule has 0 aliphatic carbocycles. The molecule has 0 saturated heterocycles. The first-order valence-corrected chi connectivity index (χ1v) is 6.75. The number of aryl methyl sites for hydroxylation is 1. The highest BCUT2D eigenvalue weighted by molar-refractivity contribution is 7.09. The highest BCUT2D eigenvalue weighted by Crippen LogP contribution is 2.13. The summed E-state index contributed by atoms with van der Waals surface area (Å²) in [5, 5.41) is 3.39. The van der Waals surface area contributed by atoms with Crippen molar-refractivity contribution in [3.8, 4) is 0 Å². The molecule has 0 aliphatic heterocycles. The Kier molecular flexibility index (Phi) is 5.95. The van der Waals surface area contributed by atoms with Gasteiger partial charge in [0.1, 0.15) is 0 Å². The Morgan fingerprint density at radius 3 is 2.75 bits per heavy atom. The Balaban J connectivity index is 2.55. The fourth-order valence-corrected chi connectivity index (χ4v) is 2.45. The molecule has 4 heteroatoms. The van der Waals surface area contributed by atoms with E-state index in [4.69, 9.17) is 4.74 Å². The smallest absolute Gasteiger partial charge is 0.0926 e. The van der Waals surface area contributed by atoms with Crippen molar-refractivity contribution in [2.75, 3.05) is 20.3 Å². The van der Waals surface area contributed by atoms with Gasteiger partial charge in [-0.2, -0.15) is 0 Å². The maximum atomic E-state index is 5.19. The van der Waals surface area contributed by atoms with Crippen LogP contribution in [-0.2, 0) is 17.7 Å². The summed E-state index contributed by atoms with van der Waals surface area (Å²) in [7, 11) is 1.75. The van der Waals surface area contributed by atoms with Gasteiger partial charge in [0.2, 0.25) is 0 Å². The average molecular weight is 242 g/mol. The summed E-state index contributed by atoms with van der Waals surface area (Å²) in [6.07, 6.45) is 1.03. The first-order chi connectivity index (χ1) is 7.71. The number of hydrogen-bond acceptors (Lipinski definition) is 4. The molecule has 3 nitrogen and oxygen atoms in total. The van der Waals surface area contributed by atoms with Crippen molar-refractivity contribution in [1.29, 1.82) is 0 Å². The summed E-state index contributed by atoms with van der Waals surface area (Å²) in [6.45, 7) is 9.26. The van der Waals surface area contributed by atoms with Crippen LogP contribution in [0.2, 0.25) is 0 Å². The Hall–Kier alpha value is -0.450. The minimum absolute atomic E-state index is 0.446. The van der Waals surface area contributed by atoms with E-state index in [1.807, 2.05) is 0 Å². The van der Waals surface area contributed by atoms with Crippen LogP contribution < -0.4 is 0 Å². The molecule has 1 atom stereocenters. The number of methoxy groups -OCH3 is 1. The standard InChI is InChI=1S/C12H22N2OS/c1-5-12-13-11(9-16-12)7-14(6-2)10(3)8-15-4/h9-10H,5-8H2,1-4H3. The van der Waals surface area contributed by atoms with Crippen molar-refractivity contribution >= 4 is 11.3 Å². The average Bonchev–Trinajstić information content (AvgIpc) is 2.73. The summed E-state index contributed by atoms with van der Waals surface area (Å²) in [6, 6.07) is 0.446. The van der Waals surface area contributed by atoms with Crippen LogP contribution in [0.5, 0.6) is 0 Å². The monoisotopic (exact) mass is 242 g/mol. The lowest BCUT2D eigenvalue weighted by Crippen LogP contribution is -2.35. The Morgan fingerprint density at radius 1 is 1.50 bits per heavy atom. The van der Waals surface area contributed by atoms with Gasteiger partial charge in [0.15, 0.2) is 0 Å². The number of ether oxygens (including phenoxy) is 1. The van der Waals surface area contributed by atoms with E-state index < -0.39 is 0 Å². The van der Waals surface area contributed by atoms with Crippen LogP contribution in [0.4, 0.5) is 0 Å². The van der Waals surface area contributed by atoms with Gasteiger partial charge in [-0.25, -0.2) is 4.98 Å². The molecule has 1 aromatic heterocycles. The molecule has 0 N–H and O–H groups in total. The molecule has 0 fully saturated rings. The summed E-state index contributed by atoms with van der Waals surface area (Å²) >= 11 is 1.76. The fourth-order valence-electron chi connectivity index (χ4n) is 1.72. The van der Waals surface area contributed by atoms with Gasteiger partial charge in [0.25, 0.3) is 0 Å². The first kappa shape index (κ1) is 13.6. The van der Waals surface area contributed by atoms with E-state index in [0.717, 1.165) is 26.1 Å². The molecule has 0 bridgehead atoms. The normalized spacial score (nSPS) is 13.3. The van der Waals surface area contributed by atoms with Crippen molar-refractivity contribution in [3.05, 3.63) is 16.1 Å². The maximum Gasteiger partial charge on any atom is 0.0926 e. The largest absolute Gasteiger partial charge is 0.383 e. The van der Waals surface area contributed by atoms with Crippen LogP contribution in [0.25, 0.3) is 0 Å². The van der Waals surface area contributed by atoms with Gasteiger partial charge in [-0.15, -0.1) is 11.3 Å². The van der Waals surface area contributed by atoms with Gasteiger partial charge in [0, 0.05) is 25.1 Å². The second-order valence-corrected chi connectivity index (χ2v) is 4.90.